The smallest absolute Gasteiger partial charge is 0.316 e. The summed E-state index contributed by atoms with van der Waals surface area (Å²) in [6, 6.07) is -1.86. The number of aromatic nitrogens is 3. The zero-order valence-corrected chi connectivity index (χ0v) is 11.5. The number of rotatable bonds is 6. The van der Waals surface area contributed by atoms with Crippen molar-refractivity contribution in [1.29, 1.82) is 0 Å². The Kier molecular flexibility index (Phi) is 5.60. The van der Waals surface area contributed by atoms with Crippen LogP contribution in [0.2, 0.25) is 0 Å². The first-order valence-corrected chi connectivity index (χ1v) is 6.28. The molecular weight excluding hydrogens is 302 g/mol. The predicted octanol–water partition coefficient (Wildman–Crippen LogP) is 2.56. The lowest BCUT2D eigenvalue weighted by molar-refractivity contribution is -0.291. The third kappa shape index (κ3) is 4.58. The van der Waals surface area contributed by atoms with Crippen molar-refractivity contribution in [3.8, 4) is 0 Å². The van der Waals surface area contributed by atoms with Crippen molar-refractivity contribution >= 4 is 0 Å². The summed E-state index contributed by atoms with van der Waals surface area (Å²) in [5, 5.41) is 5.89. The number of hydrogen-bond donors (Lipinski definition) is 1. The van der Waals surface area contributed by atoms with Crippen LogP contribution in [0.1, 0.15) is 19.2 Å². The molecule has 0 aliphatic carbocycles. The lowest BCUT2D eigenvalue weighted by Gasteiger charge is -2.30. The Bertz CT molecular complexity index is 425. The summed E-state index contributed by atoms with van der Waals surface area (Å²) < 4.78 is 77.7. The number of halogens is 6. The van der Waals surface area contributed by atoms with Crippen LogP contribution in [0.3, 0.4) is 0 Å². The molecule has 0 saturated carbocycles. The van der Waals surface area contributed by atoms with Gasteiger partial charge in [0, 0.05) is 19.0 Å². The second kappa shape index (κ2) is 6.63. The van der Waals surface area contributed by atoms with Crippen LogP contribution in [0.15, 0.2) is 6.33 Å². The average molecular weight is 318 g/mol. The highest BCUT2D eigenvalue weighted by Crippen LogP contribution is 2.41. The van der Waals surface area contributed by atoms with E-state index in [9.17, 15) is 26.3 Å². The van der Waals surface area contributed by atoms with E-state index < -0.39 is 30.7 Å². The van der Waals surface area contributed by atoms with E-state index in [1.807, 2.05) is 6.92 Å². The highest BCUT2D eigenvalue weighted by Gasteiger charge is 2.60. The van der Waals surface area contributed by atoms with Crippen LogP contribution in [0, 0.1) is 5.92 Å². The Balaban J connectivity index is 3.02. The minimum Gasteiger partial charge on any atom is -0.316 e. The molecule has 1 rings (SSSR count). The maximum atomic E-state index is 12.7. The van der Waals surface area contributed by atoms with Crippen LogP contribution in [0.5, 0.6) is 0 Å². The van der Waals surface area contributed by atoms with Crippen LogP contribution in [0.4, 0.5) is 26.3 Å². The van der Waals surface area contributed by atoms with Gasteiger partial charge in [-0.3, -0.25) is 4.68 Å². The fourth-order valence-electron chi connectivity index (χ4n) is 2.07. The zero-order chi connectivity index (χ0) is 16.3. The number of alkyl halides is 6. The molecule has 0 aliphatic rings. The first-order valence-electron chi connectivity index (χ1n) is 6.28. The molecule has 0 amide bonds. The third-order valence-corrected chi connectivity index (χ3v) is 3.01. The molecule has 0 aromatic carbocycles. The highest BCUT2D eigenvalue weighted by molar-refractivity contribution is 4.96. The van der Waals surface area contributed by atoms with Gasteiger partial charge in [0.05, 0.1) is 0 Å². The Labute approximate surface area is 117 Å². The minimum absolute atomic E-state index is 0.0923. The molecule has 0 fully saturated rings. The summed E-state index contributed by atoms with van der Waals surface area (Å²) in [4.78, 5) is 3.75. The van der Waals surface area contributed by atoms with Crippen molar-refractivity contribution in [2.24, 2.45) is 5.92 Å². The quantitative estimate of drug-likeness (QED) is 0.820. The van der Waals surface area contributed by atoms with Gasteiger partial charge in [-0.15, -0.1) is 0 Å². The third-order valence-electron chi connectivity index (χ3n) is 3.01. The predicted molar refractivity (Wildman–Crippen MR) is 62.5 cm³/mol. The van der Waals surface area contributed by atoms with Gasteiger partial charge in [0.25, 0.3) is 0 Å². The van der Waals surface area contributed by atoms with E-state index in [-0.39, 0.29) is 5.82 Å². The Morgan fingerprint density at radius 3 is 2.19 bits per heavy atom. The Hall–Kier alpha value is -1.32. The zero-order valence-electron chi connectivity index (χ0n) is 11.5. The molecule has 1 unspecified atom stereocenters. The summed E-state index contributed by atoms with van der Waals surface area (Å²) in [7, 11) is 1.07. The highest BCUT2D eigenvalue weighted by atomic mass is 19.4. The van der Waals surface area contributed by atoms with Crippen LogP contribution in [-0.2, 0) is 13.0 Å². The van der Waals surface area contributed by atoms with Gasteiger partial charge in [0.1, 0.15) is 12.2 Å². The molecule has 4 nitrogen and oxygen atoms in total. The van der Waals surface area contributed by atoms with Crippen molar-refractivity contribution < 1.29 is 26.3 Å². The van der Waals surface area contributed by atoms with Crippen LogP contribution in [0.25, 0.3) is 0 Å². The van der Waals surface area contributed by atoms with E-state index in [1.54, 1.807) is 0 Å². The maximum absolute atomic E-state index is 12.7. The average Bonchev–Trinajstić information content (AvgIpc) is 2.72. The fourth-order valence-corrected chi connectivity index (χ4v) is 2.07. The van der Waals surface area contributed by atoms with E-state index in [0.717, 1.165) is 13.4 Å². The van der Waals surface area contributed by atoms with Crippen molar-refractivity contribution in [3.63, 3.8) is 0 Å². The van der Waals surface area contributed by atoms with Gasteiger partial charge in [-0.25, -0.2) is 4.98 Å². The molecular formula is C11H16F6N4. The Morgan fingerprint density at radius 1 is 1.19 bits per heavy atom. The SMILES string of the molecule is CCCn1ncnc1CC(NC)C(C(F)(F)F)C(F)(F)F. The molecule has 1 N–H and O–H groups in total. The largest absolute Gasteiger partial charge is 0.402 e. The monoisotopic (exact) mass is 318 g/mol. The second-order valence-corrected chi connectivity index (χ2v) is 4.56. The fraction of sp³-hybridized carbons (Fsp3) is 0.818. The first kappa shape index (κ1) is 17.7. The number of aryl methyl sites for hydroxylation is 1. The van der Waals surface area contributed by atoms with Gasteiger partial charge < -0.3 is 5.32 Å². The minimum atomic E-state index is -5.39. The van der Waals surface area contributed by atoms with E-state index in [2.05, 4.69) is 15.4 Å². The lowest BCUT2D eigenvalue weighted by Crippen LogP contribution is -2.51. The van der Waals surface area contributed by atoms with Gasteiger partial charge in [-0.05, 0) is 13.5 Å². The summed E-state index contributed by atoms with van der Waals surface area (Å²) in [5.41, 5.74) is 0. The molecule has 122 valence electrons. The van der Waals surface area contributed by atoms with Gasteiger partial charge in [-0.2, -0.15) is 31.4 Å². The van der Waals surface area contributed by atoms with Gasteiger partial charge in [0.2, 0.25) is 0 Å². The molecule has 0 radical (unpaired) electrons. The number of nitrogens with one attached hydrogen (secondary N) is 1. The maximum Gasteiger partial charge on any atom is 0.402 e. The van der Waals surface area contributed by atoms with Gasteiger partial charge in [0.15, 0.2) is 5.92 Å². The lowest BCUT2D eigenvalue weighted by atomic mass is 9.95. The molecule has 0 bridgehead atoms. The second-order valence-electron chi connectivity index (χ2n) is 4.56. The topological polar surface area (TPSA) is 42.7 Å². The first-order chi connectivity index (χ1) is 9.61. The molecule has 0 spiro atoms. The van der Waals surface area contributed by atoms with Crippen molar-refractivity contribution in [2.75, 3.05) is 7.05 Å². The van der Waals surface area contributed by atoms with Crippen LogP contribution < -0.4 is 5.32 Å². The van der Waals surface area contributed by atoms with Gasteiger partial charge in [-0.1, -0.05) is 6.92 Å². The molecule has 21 heavy (non-hydrogen) atoms. The summed E-state index contributed by atoms with van der Waals surface area (Å²) in [6.45, 7) is 2.20. The molecule has 1 heterocycles. The summed E-state index contributed by atoms with van der Waals surface area (Å²) in [5.74, 6) is -3.36. The normalized spacial score (nSPS) is 14.7. The molecule has 10 heteroatoms. The molecule has 1 aromatic rings. The standard InChI is InChI=1S/C11H16F6N4/c1-3-4-21-8(19-6-20-21)5-7(18-2)9(10(12,13)14)11(15,16)17/h6-7,9,18H,3-5H2,1-2H3. The van der Waals surface area contributed by atoms with Crippen molar-refractivity contribution in [1.82, 2.24) is 20.1 Å². The number of nitrogens with zero attached hydrogens (tertiary/aromatic N) is 3. The summed E-state index contributed by atoms with van der Waals surface area (Å²) in [6.07, 6.45) is -9.53. The molecule has 1 aromatic heterocycles. The summed E-state index contributed by atoms with van der Waals surface area (Å²) >= 11 is 0. The van der Waals surface area contributed by atoms with E-state index in [1.165, 1.54) is 4.68 Å². The van der Waals surface area contributed by atoms with Crippen molar-refractivity contribution in [2.45, 2.75) is 44.7 Å². The van der Waals surface area contributed by atoms with Crippen molar-refractivity contribution in [3.05, 3.63) is 12.2 Å². The van der Waals surface area contributed by atoms with E-state index in [0.29, 0.717) is 13.0 Å². The van der Waals surface area contributed by atoms with Crippen LogP contribution in [-0.4, -0.2) is 40.2 Å². The number of hydrogen-bond acceptors (Lipinski definition) is 3. The van der Waals surface area contributed by atoms with Gasteiger partial charge >= 0.3 is 12.4 Å². The molecule has 0 saturated heterocycles. The van der Waals surface area contributed by atoms with E-state index >= 15 is 0 Å². The van der Waals surface area contributed by atoms with E-state index in [4.69, 9.17) is 0 Å². The number of likely N-dealkylation sites (N-methyl/N-ethyl adjacent to an activating group) is 1. The van der Waals surface area contributed by atoms with Crippen LogP contribution >= 0.6 is 0 Å². The molecule has 1 atom stereocenters. The Morgan fingerprint density at radius 2 is 1.76 bits per heavy atom. The molecule has 0 aliphatic heterocycles.